The van der Waals surface area contributed by atoms with Crippen molar-refractivity contribution in [3.63, 3.8) is 0 Å². The van der Waals surface area contributed by atoms with Gasteiger partial charge in [-0.15, -0.1) is 0 Å². The van der Waals surface area contributed by atoms with Crippen LogP contribution in [0.15, 0.2) is 4.52 Å². The Balaban J connectivity index is 1.41. The lowest BCUT2D eigenvalue weighted by Crippen LogP contribution is -2.48. The molecule has 0 aliphatic carbocycles. The number of carbonyl (C=O) groups excluding carboxylic acids is 1. The molecule has 0 N–H and O–H groups in total. The van der Waals surface area contributed by atoms with E-state index < -0.39 is 0 Å². The lowest BCUT2D eigenvalue weighted by Gasteiger charge is -2.34. The fourth-order valence-electron chi connectivity index (χ4n) is 4.10. The van der Waals surface area contributed by atoms with Crippen LogP contribution in [0.1, 0.15) is 23.4 Å². The summed E-state index contributed by atoms with van der Waals surface area (Å²) in [6, 6.07) is 0. The molecule has 1 aromatic rings. The van der Waals surface area contributed by atoms with Crippen molar-refractivity contribution in [2.24, 2.45) is 5.92 Å². The zero-order valence-corrected chi connectivity index (χ0v) is 14.4. The van der Waals surface area contributed by atoms with Gasteiger partial charge in [0, 0.05) is 38.3 Å². The number of rotatable bonds is 3. The van der Waals surface area contributed by atoms with E-state index in [1.165, 1.54) is 0 Å². The van der Waals surface area contributed by atoms with Crippen molar-refractivity contribution in [2.45, 2.75) is 39.0 Å². The number of carbonyl (C=O) groups is 1. The Kier molecular flexibility index (Phi) is 4.32. The summed E-state index contributed by atoms with van der Waals surface area (Å²) in [5, 5.41) is 4.03. The summed E-state index contributed by atoms with van der Waals surface area (Å²) >= 11 is 0. The Morgan fingerprint density at radius 1 is 1.25 bits per heavy atom. The van der Waals surface area contributed by atoms with Crippen LogP contribution in [0, 0.1) is 19.8 Å². The minimum atomic E-state index is -0.0113. The maximum atomic E-state index is 12.8. The first-order valence-electron chi connectivity index (χ1n) is 8.78. The number of hydrogen-bond donors (Lipinski definition) is 0. The van der Waals surface area contributed by atoms with Crippen molar-refractivity contribution >= 4 is 5.91 Å². The van der Waals surface area contributed by atoms with Gasteiger partial charge in [-0.3, -0.25) is 9.69 Å². The summed E-state index contributed by atoms with van der Waals surface area (Å²) in [6.45, 7) is 9.10. The van der Waals surface area contributed by atoms with Gasteiger partial charge in [0.15, 0.2) is 0 Å². The molecule has 1 amide bonds. The van der Waals surface area contributed by atoms with Gasteiger partial charge >= 0.3 is 0 Å². The molecule has 0 aromatic carbocycles. The highest BCUT2D eigenvalue weighted by Gasteiger charge is 2.46. The molecule has 24 heavy (non-hydrogen) atoms. The number of fused-ring (bicyclic) bond motifs is 2. The van der Waals surface area contributed by atoms with Gasteiger partial charge < -0.3 is 18.9 Å². The zero-order valence-electron chi connectivity index (χ0n) is 14.4. The van der Waals surface area contributed by atoms with E-state index in [4.69, 9.17) is 14.0 Å². The van der Waals surface area contributed by atoms with Gasteiger partial charge in [0.2, 0.25) is 5.91 Å². The first-order chi connectivity index (χ1) is 11.6. The first kappa shape index (κ1) is 16.1. The highest BCUT2D eigenvalue weighted by molar-refractivity contribution is 5.80. The third-order valence-electron chi connectivity index (χ3n) is 5.44. The molecule has 0 radical (unpaired) electrons. The monoisotopic (exact) mass is 335 g/mol. The molecule has 4 heterocycles. The number of ether oxygens (including phenoxy) is 2. The van der Waals surface area contributed by atoms with Crippen LogP contribution in [0.5, 0.6) is 0 Å². The van der Waals surface area contributed by atoms with Crippen molar-refractivity contribution in [1.82, 2.24) is 15.0 Å². The predicted molar refractivity (Wildman–Crippen MR) is 85.4 cm³/mol. The van der Waals surface area contributed by atoms with Crippen molar-refractivity contribution in [3.05, 3.63) is 17.0 Å². The molecule has 132 valence electrons. The minimum Gasteiger partial charge on any atom is -0.378 e. The third kappa shape index (κ3) is 2.96. The Bertz CT molecular complexity index is 591. The predicted octanol–water partition coefficient (Wildman–Crippen LogP) is 0.740. The van der Waals surface area contributed by atoms with Gasteiger partial charge in [0.1, 0.15) is 5.76 Å². The molecule has 3 aliphatic heterocycles. The van der Waals surface area contributed by atoms with Crippen molar-refractivity contribution in [3.8, 4) is 0 Å². The highest BCUT2D eigenvalue weighted by Crippen LogP contribution is 2.34. The summed E-state index contributed by atoms with van der Waals surface area (Å²) in [5.74, 6) is 1.11. The second-order valence-electron chi connectivity index (χ2n) is 7.07. The average Bonchev–Trinajstić information content (AvgIpc) is 3.07. The first-order valence-corrected chi connectivity index (χ1v) is 8.78. The topological polar surface area (TPSA) is 68.0 Å². The van der Waals surface area contributed by atoms with Gasteiger partial charge in [-0.05, 0) is 20.3 Å². The number of nitrogens with zero attached hydrogens (tertiary/aromatic N) is 3. The Hall–Kier alpha value is -1.44. The number of morpholine rings is 2. The molecule has 0 spiro atoms. The van der Waals surface area contributed by atoms with Crippen molar-refractivity contribution < 1.29 is 18.8 Å². The molecule has 3 fully saturated rings. The molecule has 4 rings (SSSR count). The molecule has 2 bridgehead atoms. The summed E-state index contributed by atoms with van der Waals surface area (Å²) in [5.41, 5.74) is 2.11. The fourth-order valence-corrected chi connectivity index (χ4v) is 4.10. The third-order valence-corrected chi connectivity index (χ3v) is 5.44. The van der Waals surface area contributed by atoms with Gasteiger partial charge in [0.25, 0.3) is 0 Å². The van der Waals surface area contributed by atoms with Gasteiger partial charge in [-0.1, -0.05) is 5.16 Å². The number of aryl methyl sites for hydroxylation is 2. The van der Waals surface area contributed by atoms with E-state index in [1.54, 1.807) is 0 Å². The van der Waals surface area contributed by atoms with Gasteiger partial charge in [-0.2, -0.15) is 0 Å². The number of hydrogen-bond acceptors (Lipinski definition) is 6. The van der Waals surface area contributed by atoms with Gasteiger partial charge in [-0.25, -0.2) is 0 Å². The van der Waals surface area contributed by atoms with Crippen molar-refractivity contribution in [1.29, 1.82) is 0 Å². The van der Waals surface area contributed by atoms with Crippen LogP contribution < -0.4 is 0 Å². The van der Waals surface area contributed by atoms with Crippen LogP contribution in [-0.2, 0) is 20.8 Å². The number of amides is 1. The molecule has 0 unspecified atom stereocenters. The lowest BCUT2D eigenvalue weighted by molar-refractivity contribution is -0.142. The van der Waals surface area contributed by atoms with E-state index in [-0.39, 0.29) is 24.0 Å². The van der Waals surface area contributed by atoms with Crippen LogP contribution in [0.3, 0.4) is 0 Å². The summed E-state index contributed by atoms with van der Waals surface area (Å²) < 4.78 is 16.7. The molecule has 7 heteroatoms. The van der Waals surface area contributed by atoms with E-state index in [1.807, 2.05) is 18.7 Å². The van der Waals surface area contributed by atoms with Crippen LogP contribution in [-0.4, -0.2) is 72.5 Å². The summed E-state index contributed by atoms with van der Waals surface area (Å²) in [7, 11) is 0. The largest absolute Gasteiger partial charge is 0.378 e. The molecule has 0 saturated carbocycles. The highest BCUT2D eigenvalue weighted by atomic mass is 16.5. The van der Waals surface area contributed by atoms with E-state index in [9.17, 15) is 4.79 Å². The van der Waals surface area contributed by atoms with Gasteiger partial charge in [0.05, 0.1) is 37.0 Å². The van der Waals surface area contributed by atoms with E-state index in [2.05, 4.69) is 10.1 Å². The molecular weight excluding hydrogens is 310 g/mol. The molecule has 3 aliphatic rings. The van der Waals surface area contributed by atoms with Crippen LogP contribution in [0.2, 0.25) is 0 Å². The Labute approximate surface area is 141 Å². The summed E-state index contributed by atoms with van der Waals surface area (Å²) in [6.07, 6.45) is 0.984. The smallest absolute Gasteiger partial charge is 0.228 e. The maximum absolute atomic E-state index is 12.8. The zero-order chi connectivity index (χ0) is 16.7. The van der Waals surface area contributed by atoms with Crippen LogP contribution in [0.25, 0.3) is 0 Å². The average molecular weight is 335 g/mol. The van der Waals surface area contributed by atoms with Crippen LogP contribution in [0.4, 0.5) is 0 Å². The van der Waals surface area contributed by atoms with E-state index >= 15 is 0 Å². The molecule has 3 atom stereocenters. The van der Waals surface area contributed by atoms with E-state index in [0.717, 1.165) is 43.1 Å². The standard InChI is InChI=1S/C17H25N3O4/c1-11-15(12(2)24-18-11)9-19-8-13-7-14(16(10-19)23-13)17(21)20-3-5-22-6-4-20/h13-14,16H,3-10H2,1-2H3/t13-,14-,16-/m1/s1. The lowest BCUT2D eigenvalue weighted by atomic mass is 9.98. The summed E-state index contributed by atoms with van der Waals surface area (Å²) in [4.78, 5) is 17.1. The fraction of sp³-hybridized carbons (Fsp3) is 0.765. The Morgan fingerprint density at radius 2 is 2.04 bits per heavy atom. The second kappa shape index (κ2) is 6.46. The Morgan fingerprint density at radius 3 is 2.75 bits per heavy atom. The van der Waals surface area contributed by atoms with Crippen molar-refractivity contribution in [2.75, 3.05) is 39.4 Å². The molecule has 3 saturated heterocycles. The second-order valence-corrected chi connectivity index (χ2v) is 7.07. The maximum Gasteiger partial charge on any atom is 0.228 e. The SMILES string of the molecule is Cc1noc(C)c1CN1C[C@H]2C[C@@H](C(=O)N3CCOCC3)[C@@H](C1)O2. The van der Waals surface area contributed by atoms with E-state index in [0.29, 0.717) is 26.3 Å². The number of aromatic nitrogens is 1. The quantitative estimate of drug-likeness (QED) is 0.812. The molecular formula is C17H25N3O4. The molecule has 7 nitrogen and oxygen atoms in total. The molecule has 1 aromatic heterocycles. The normalized spacial score (nSPS) is 30.8. The number of likely N-dealkylation sites (tertiary alicyclic amines) is 1. The van der Waals surface area contributed by atoms with Crippen LogP contribution >= 0.6 is 0 Å². The minimum absolute atomic E-state index is 0.000401.